The summed E-state index contributed by atoms with van der Waals surface area (Å²) in [6.07, 6.45) is 3.43. The van der Waals surface area contributed by atoms with Crippen LogP contribution in [0.15, 0.2) is 22.7 Å². The van der Waals surface area contributed by atoms with Crippen LogP contribution in [0, 0.1) is 5.82 Å². The quantitative estimate of drug-likeness (QED) is 0.921. The first-order valence-corrected chi connectivity index (χ1v) is 7.38. The fourth-order valence-corrected chi connectivity index (χ4v) is 2.72. The summed E-state index contributed by atoms with van der Waals surface area (Å²) < 4.78 is 13.7. The lowest BCUT2D eigenvalue weighted by Crippen LogP contribution is -2.40. The van der Waals surface area contributed by atoms with Gasteiger partial charge < -0.3 is 10.2 Å². The Bertz CT molecular complexity index is 447. The maximum atomic E-state index is 12.9. The number of carbonyl (C=O) groups excluding carboxylic acids is 1. The third kappa shape index (κ3) is 4.28. The molecule has 104 valence electrons. The first-order chi connectivity index (χ1) is 9.16. The van der Waals surface area contributed by atoms with Crippen LogP contribution in [-0.4, -0.2) is 30.4 Å². The summed E-state index contributed by atoms with van der Waals surface area (Å²) in [7, 11) is 0. The Labute approximate surface area is 121 Å². The number of likely N-dealkylation sites (tertiary alicyclic amines) is 1. The Kier molecular flexibility index (Phi) is 5.34. The smallest absolute Gasteiger partial charge is 0.236 e. The number of nitrogens with one attached hydrogen (secondary N) is 1. The third-order valence-corrected chi connectivity index (χ3v) is 4.05. The molecule has 5 heteroatoms. The molecule has 0 bridgehead atoms. The van der Waals surface area contributed by atoms with Crippen molar-refractivity contribution in [3.63, 3.8) is 0 Å². The van der Waals surface area contributed by atoms with Gasteiger partial charge in [0.25, 0.3) is 0 Å². The molecule has 19 heavy (non-hydrogen) atoms. The summed E-state index contributed by atoms with van der Waals surface area (Å²) >= 11 is 3.32. The summed E-state index contributed by atoms with van der Waals surface area (Å²) in [5.41, 5.74) is 0.952. The molecule has 0 spiro atoms. The standard InChI is InChI=1S/C14H18BrFN2O/c15-13-8-12(16)5-4-11(13)9-17-10-14(19)18-6-2-1-3-7-18/h4-5,8,17H,1-3,6-7,9-10H2. The molecule has 1 heterocycles. The maximum absolute atomic E-state index is 12.9. The van der Waals surface area contributed by atoms with E-state index in [9.17, 15) is 9.18 Å². The number of hydrogen-bond acceptors (Lipinski definition) is 2. The second-order valence-electron chi connectivity index (χ2n) is 4.78. The van der Waals surface area contributed by atoms with Crippen molar-refractivity contribution in [3.05, 3.63) is 34.1 Å². The second kappa shape index (κ2) is 7.01. The Balaban J connectivity index is 1.78. The molecule has 1 amide bonds. The normalized spacial score (nSPS) is 15.6. The van der Waals surface area contributed by atoms with Gasteiger partial charge in [-0.25, -0.2) is 4.39 Å². The van der Waals surface area contributed by atoms with Crippen LogP contribution >= 0.6 is 15.9 Å². The van der Waals surface area contributed by atoms with Crippen LogP contribution in [0.4, 0.5) is 4.39 Å². The highest BCUT2D eigenvalue weighted by Gasteiger charge is 2.15. The largest absolute Gasteiger partial charge is 0.342 e. The van der Waals surface area contributed by atoms with Crippen molar-refractivity contribution in [3.8, 4) is 0 Å². The van der Waals surface area contributed by atoms with Crippen molar-refractivity contribution in [1.82, 2.24) is 10.2 Å². The average molecular weight is 329 g/mol. The molecule has 0 saturated carbocycles. The number of nitrogens with zero attached hydrogens (tertiary/aromatic N) is 1. The van der Waals surface area contributed by atoms with Crippen LogP contribution in [0.2, 0.25) is 0 Å². The summed E-state index contributed by atoms with van der Waals surface area (Å²) in [5.74, 6) is -0.113. The molecular formula is C14H18BrFN2O. The van der Waals surface area contributed by atoms with Crippen molar-refractivity contribution >= 4 is 21.8 Å². The Morgan fingerprint density at radius 2 is 2.05 bits per heavy atom. The topological polar surface area (TPSA) is 32.3 Å². The fraction of sp³-hybridized carbons (Fsp3) is 0.500. The number of rotatable bonds is 4. The zero-order valence-corrected chi connectivity index (χ0v) is 12.4. The van der Waals surface area contributed by atoms with E-state index in [2.05, 4.69) is 21.2 Å². The van der Waals surface area contributed by atoms with E-state index in [4.69, 9.17) is 0 Å². The Hall–Kier alpha value is -0.940. The van der Waals surface area contributed by atoms with Crippen molar-refractivity contribution in [2.75, 3.05) is 19.6 Å². The highest BCUT2D eigenvalue weighted by atomic mass is 79.9. The average Bonchev–Trinajstić information content (AvgIpc) is 2.42. The highest BCUT2D eigenvalue weighted by molar-refractivity contribution is 9.10. The lowest BCUT2D eigenvalue weighted by atomic mass is 10.1. The van der Waals surface area contributed by atoms with Crippen LogP contribution in [0.5, 0.6) is 0 Å². The number of halogens is 2. The van der Waals surface area contributed by atoms with E-state index in [1.165, 1.54) is 18.6 Å². The summed E-state index contributed by atoms with van der Waals surface area (Å²) in [4.78, 5) is 13.8. The van der Waals surface area contributed by atoms with Gasteiger partial charge in [0.1, 0.15) is 5.82 Å². The minimum atomic E-state index is -0.264. The molecule has 1 aromatic carbocycles. The van der Waals surface area contributed by atoms with Crippen molar-refractivity contribution in [2.24, 2.45) is 0 Å². The van der Waals surface area contributed by atoms with Gasteiger partial charge in [-0.05, 0) is 37.0 Å². The van der Waals surface area contributed by atoms with Crippen LogP contribution in [-0.2, 0) is 11.3 Å². The van der Waals surface area contributed by atoms with E-state index in [0.717, 1.165) is 36.0 Å². The van der Waals surface area contributed by atoms with Gasteiger partial charge in [0, 0.05) is 24.1 Å². The van der Waals surface area contributed by atoms with Crippen molar-refractivity contribution in [1.29, 1.82) is 0 Å². The molecule has 0 radical (unpaired) electrons. The second-order valence-corrected chi connectivity index (χ2v) is 5.64. The molecule has 0 atom stereocenters. The Morgan fingerprint density at radius 1 is 1.32 bits per heavy atom. The predicted molar refractivity (Wildman–Crippen MR) is 76.2 cm³/mol. The molecule has 1 fully saturated rings. The number of piperidine rings is 1. The predicted octanol–water partition coefficient (Wildman–Crippen LogP) is 2.69. The zero-order chi connectivity index (χ0) is 13.7. The van der Waals surface area contributed by atoms with Gasteiger partial charge in [-0.2, -0.15) is 0 Å². The monoisotopic (exact) mass is 328 g/mol. The first-order valence-electron chi connectivity index (χ1n) is 6.59. The van der Waals surface area contributed by atoms with Gasteiger partial charge >= 0.3 is 0 Å². The number of benzene rings is 1. The molecule has 1 aromatic rings. The van der Waals surface area contributed by atoms with Crippen LogP contribution in [0.3, 0.4) is 0 Å². The van der Waals surface area contributed by atoms with Crippen LogP contribution in [0.25, 0.3) is 0 Å². The molecule has 3 nitrogen and oxygen atoms in total. The zero-order valence-electron chi connectivity index (χ0n) is 10.8. The number of carbonyl (C=O) groups is 1. The van der Waals surface area contributed by atoms with Crippen molar-refractivity contribution < 1.29 is 9.18 Å². The summed E-state index contributed by atoms with van der Waals surface area (Å²) in [5, 5.41) is 3.12. The van der Waals surface area contributed by atoms with Crippen molar-refractivity contribution in [2.45, 2.75) is 25.8 Å². The number of amides is 1. The lowest BCUT2D eigenvalue weighted by Gasteiger charge is -2.26. The molecule has 0 aromatic heterocycles. The lowest BCUT2D eigenvalue weighted by molar-refractivity contribution is -0.131. The van der Waals surface area contributed by atoms with Gasteiger partial charge in [-0.15, -0.1) is 0 Å². The summed E-state index contributed by atoms with van der Waals surface area (Å²) in [6.45, 7) is 2.64. The maximum Gasteiger partial charge on any atom is 0.236 e. The minimum absolute atomic E-state index is 0.151. The van der Waals surface area contributed by atoms with E-state index in [1.807, 2.05) is 4.90 Å². The molecule has 1 N–H and O–H groups in total. The van der Waals surface area contributed by atoms with Gasteiger partial charge in [-0.3, -0.25) is 4.79 Å². The third-order valence-electron chi connectivity index (χ3n) is 3.32. The van der Waals surface area contributed by atoms with Gasteiger partial charge in [-0.1, -0.05) is 22.0 Å². The van der Waals surface area contributed by atoms with E-state index in [0.29, 0.717) is 13.1 Å². The van der Waals surface area contributed by atoms with E-state index in [1.54, 1.807) is 6.07 Å². The molecule has 0 aliphatic carbocycles. The highest BCUT2D eigenvalue weighted by Crippen LogP contribution is 2.17. The van der Waals surface area contributed by atoms with E-state index < -0.39 is 0 Å². The molecule has 0 unspecified atom stereocenters. The first kappa shape index (κ1) is 14.5. The van der Waals surface area contributed by atoms with Crippen LogP contribution in [0.1, 0.15) is 24.8 Å². The number of hydrogen-bond donors (Lipinski definition) is 1. The Morgan fingerprint density at radius 3 is 2.74 bits per heavy atom. The van der Waals surface area contributed by atoms with Gasteiger partial charge in [0.2, 0.25) is 5.91 Å². The molecule has 1 aliphatic rings. The fourth-order valence-electron chi connectivity index (χ4n) is 2.22. The van der Waals surface area contributed by atoms with Crippen LogP contribution < -0.4 is 5.32 Å². The van der Waals surface area contributed by atoms with E-state index >= 15 is 0 Å². The summed E-state index contributed by atoms with van der Waals surface area (Å²) in [6, 6.07) is 4.58. The molecule has 1 aliphatic heterocycles. The SMILES string of the molecule is O=C(CNCc1ccc(F)cc1Br)N1CCCCC1. The van der Waals surface area contributed by atoms with Gasteiger partial charge in [0.05, 0.1) is 6.54 Å². The molecular weight excluding hydrogens is 311 g/mol. The van der Waals surface area contributed by atoms with E-state index in [-0.39, 0.29) is 11.7 Å². The molecule has 1 saturated heterocycles. The minimum Gasteiger partial charge on any atom is -0.342 e. The van der Waals surface area contributed by atoms with Gasteiger partial charge in [0.15, 0.2) is 0 Å². The molecule has 2 rings (SSSR count).